The van der Waals surface area contributed by atoms with E-state index in [0.717, 1.165) is 18.1 Å². The van der Waals surface area contributed by atoms with Crippen molar-refractivity contribution in [3.63, 3.8) is 0 Å². The molecule has 0 saturated carbocycles. The molecule has 0 radical (unpaired) electrons. The van der Waals surface area contributed by atoms with Crippen LogP contribution in [0.15, 0.2) is 0 Å². The van der Waals surface area contributed by atoms with Crippen molar-refractivity contribution in [2.75, 3.05) is 140 Å². The minimum Gasteiger partial charge on any atom is -0.306 e. The van der Waals surface area contributed by atoms with Crippen molar-refractivity contribution in [1.29, 1.82) is 0 Å². The molecule has 8 nitrogen and oxygen atoms in total. The molecule has 1 spiro atoms. The molecule has 0 aromatic rings. The number of fused-ring (bicyclic) bond motifs is 2. The summed E-state index contributed by atoms with van der Waals surface area (Å²) in [6.45, 7) is 48.4. The Bertz CT molecular complexity index is 1030. The zero-order valence-corrected chi connectivity index (χ0v) is 39.7. The van der Waals surface area contributed by atoms with Gasteiger partial charge in [0.1, 0.15) is 0 Å². The second-order valence-electron chi connectivity index (χ2n) is 24.2. The standard InChI is InChI=1S/C13H26N2.C12H26N2.C11H22N2.C10H22N2/c1-12(2,3)9-15-7-5-13(6-8-15)10-14(4)11-13;1-12(2,3)10-14-8-6-11(7-9-14)13(4)5;1-11(2,3)8-13-7-9-5-10(13)6-12(9)4;1-10(2,3)9-12-7-5-11(4)6-8-12/h5-11H2,1-4H3;11H,6-10H2,1-5H3;9-10H,5-8H2,1-4H3;5-9H2,1-4H3. The molecule has 0 amide bonds. The highest BCUT2D eigenvalue weighted by Crippen LogP contribution is 2.40. The molecule has 6 fully saturated rings. The zero-order valence-electron chi connectivity index (χ0n) is 39.7. The van der Waals surface area contributed by atoms with Crippen LogP contribution in [0.5, 0.6) is 0 Å². The summed E-state index contributed by atoms with van der Waals surface area (Å²) in [5.41, 5.74) is 2.54. The van der Waals surface area contributed by atoms with Crippen LogP contribution in [0.2, 0.25) is 0 Å². The summed E-state index contributed by atoms with van der Waals surface area (Å²) in [4.78, 5) is 20.3. The molecule has 2 bridgehead atoms. The Hall–Kier alpha value is -0.320. The molecule has 320 valence electrons. The SMILES string of the molecule is CN(C)C1CCN(CC(C)(C)C)CC1.CN1CC2(CCN(CC(C)(C)C)CC2)C1.CN1CC2CC1CN2CC(C)(C)C.CN1CCN(CC(C)(C)C)CC1. The van der Waals surface area contributed by atoms with E-state index in [1.165, 1.54) is 137 Å². The average molecular weight is 761 g/mol. The first kappa shape index (κ1) is 48.1. The van der Waals surface area contributed by atoms with Crippen molar-refractivity contribution in [2.45, 2.75) is 133 Å². The summed E-state index contributed by atoms with van der Waals surface area (Å²) in [5, 5.41) is 0. The largest absolute Gasteiger partial charge is 0.306 e. The van der Waals surface area contributed by atoms with Crippen LogP contribution in [-0.2, 0) is 0 Å². The summed E-state index contributed by atoms with van der Waals surface area (Å²) in [7, 11) is 11.1. The first-order valence-electron chi connectivity index (χ1n) is 22.3. The molecule has 6 rings (SSSR count). The van der Waals surface area contributed by atoms with Crippen molar-refractivity contribution >= 4 is 0 Å². The van der Waals surface area contributed by atoms with Gasteiger partial charge in [0.25, 0.3) is 0 Å². The van der Waals surface area contributed by atoms with Gasteiger partial charge in [-0.1, -0.05) is 83.1 Å². The predicted molar refractivity (Wildman–Crippen MR) is 237 cm³/mol. The number of likely N-dealkylation sites (N-methyl/N-ethyl adjacent to an activating group) is 2. The molecule has 0 aromatic heterocycles. The maximum atomic E-state index is 2.69. The Morgan fingerprint density at radius 1 is 0.500 bits per heavy atom. The van der Waals surface area contributed by atoms with Gasteiger partial charge in [0.2, 0.25) is 0 Å². The van der Waals surface area contributed by atoms with E-state index >= 15 is 0 Å². The van der Waals surface area contributed by atoms with Crippen molar-refractivity contribution in [2.24, 2.45) is 27.1 Å². The molecule has 8 heteroatoms. The highest BCUT2D eigenvalue weighted by atomic mass is 15.3. The number of hydrogen-bond acceptors (Lipinski definition) is 8. The number of piperidine rings is 2. The molecule has 6 saturated heterocycles. The van der Waals surface area contributed by atoms with Crippen LogP contribution < -0.4 is 0 Å². The monoisotopic (exact) mass is 761 g/mol. The van der Waals surface area contributed by atoms with E-state index in [1.54, 1.807) is 0 Å². The molecule has 0 aliphatic carbocycles. The third-order valence-electron chi connectivity index (χ3n) is 12.4. The molecule has 2 unspecified atom stereocenters. The smallest absolute Gasteiger partial charge is 0.0239 e. The lowest BCUT2D eigenvalue weighted by molar-refractivity contribution is -0.0364. The predicted octanol–water partition coefficient (Wildman–Crippen LogP) is 6.82. The molecule has 0 N–H and O–H groups in total. The van der Waals surface area contributed by atoms with Gasteiger partial charge in [-0.05, 0) is 121 Å². The topological polar surface area (TPSA) is 25.9 Å². The normalized spacial score (nSPS) is 27.2. The van der Waals surface area contributed by atoms with Gasteiger partial charge >= 0.3 is 0 Å². The molecule has 6 aliphatic rings. The van der Waals surface area contributed by atoms with E-state index in [0.29, 0.717) is 27.1 Å². The van der Waals surface area contributed by atoms with Crippen molar-refractivity contribution in [1.82, 2.24) is 39.2 Å². The van der Waals surface area contributed by atoms with Gasteiger partial charge in [0, 0.05) is 96.7 Å². The summed E-state index contributed by atoms with van der Waals surface area (Å²) in [5.74, 6) is 0. The maximum Gasteiger partial charge on any atom is 0.0239 e. The van der Waals surface area contributed by atoms with Crippen LogP contribution in [0.1, 0.15) is 115 Å². The number of hydrogen-bond donors (Lipinski definition) is 0. The lowest BCUT2D eigenvalue weighted by atomic mass is 9.72. The average Bonchev–Trinajstić information content (AvgIpc) is 3.56. The molecular weight excluding hydrogens is 665 g/mol. The van der Waals surface area contributed by atoms with Crippen LogP contribution in [0.3, 0.4) is 0 Å². The number of rotatable bonds is 5. The third kappa shape index (κ3) is 18.1. The molecular formula is C46H96N8. The Morgan fingerprint density at radius 3 is 1.28 bits per heavy atom. The minimum atomic E-state index is 0.449. The van der Waals surface area contributed by atoms with Crippen LogP contribution in [-0.4, -0.2) is 197 Å². The number of nitrogens with zero attached hydrogens (tertiary/aromatic N) is 8. The fraction of sp³-hybridized carbons (Fsp3) is 1.00. The Balaban J connectivity index is 0.000000194. The van der Waals surface area contributed by atoms with E-state index in [9.17, 15) is 0 Å². The van der Waals surface area contributed by atoms with Crippen LogP contribution in [0.25, 0.3) is 0 Å². The highest BCUT2D eigenvalue weighted by Gasteiger charge is 2.44. The van der Waals surface area contributed by atoms with Crippen molar-refractivity contribution in [3.8, 4) is 0 Å². The van der Waals surface area contributed by atoms with E-state index in [-0.39, 0.29) is 0 Å². The Kier molecular flexibility index (Phi) is 17.9. The zero-order chi connectivity index (χ0) is 40.7. The first-order valence-corrected chi connectivity index (χ1v) is 22.3. The minimum absolute atomic E-state index is 0.449. The number of piperazine rings is 2. The van der Waals surface area contributed by atoms with Gasteiger partial charge in [-0.25, -0.2) is 0 Å². The quantitative estimate of drug-likeness (QED) is 0.302. The van der Waals surface area contributed by atoms with Crippen molar-refractivity contribution in [3.05, 3.63) is 0 Å². The lowest BCUT2D eigenvalue weighted by Crippen LogP contribution is -2.59. The van der Waals surface area contributed by atoms with E-state index in [1.807, 2.05) is 0 Å². The third-order valence-corrected chi connectivity index (χ3v) is 12.4. The summed E-state index contributed by atoms with van der Waals surface area (Å²) < 4.78 is 0. The summed E-state index contributed by atoms with van der Waals surface area (Å²) in [6.07, 6.45) is 6.93. The summed E-state index contributed by atoms with van der Waals surface area (Å²) >= 11 is 0. The fourth-order valence-corrected chi connectivity index (χ4v) is 9.96. The Morgan fingerprint density at radius 2 is 0.926 bits per heavy atom. The first-order chi connectivity index (χ1) is 24.7. The molecule has 0 aromatic carbocycles. The van der Waals surface area contributed by atoms with Gasteiger partial charge in [-0.15, -0.1) is 0 Å². The van der Waals surface area contributed by atoms with Crippen LogP contribution in [0.4, 0.5) is 0 Å². The highest BCUT2D eigenvalue weighted by molar-refractivity contribution is 4.99. The molecule has 6 heterocycles. The van der Waals surface area contributed by atoms with E-state index in [4.69, 9.17) is 0 Å². The maximum absolute atomic E-state index is 2.69. The van der Waals surface area contributed by atoms with Gasteiger partial charge in [0.05, 0.1) is 0 Å². The van der Waals surface area contributed by atoms with Crippen molar-refractivity contribution < 1.29 is 0 Å². The van der Waals surface area contributed by atoms with Gasteiger partial charge in [-0.3, -0.25) is 4.90 Å². The van der Waals surface area contributed by atoms with Gasteiger partial charge in [0.15, 0.2) is 0 Å². The summed E-state index contributed by atoms with van der Waals surface area (Å²) in [6, 6.07) is 2.52. The van der Waals surface area contributed by atoms with Crippen LogP contribution >= 0.6 is 0 Å². The number of likely N-dealkylation sites (tertiary alicyclic amines) is 5. The fourth-order valence-electron chi connectivity index (χ4n) is 9.96. The molecule has 6 aliphatic heterocycles. The second-order valence-corrected chi connectivity index (χ2v) is 24.2. The molecule has 2 atom stereocenters. The second kappa shape index (κ2) is 20.1. The van der Waals surface area contributed by atoms with E-state index < -0.39 is 0 Å². The van der Waals surface area contributed by atoms with Gasteiger partial charge in [-0.2, -0.15) is 0 Å². The van der Waals surface area contributed by atoms with E-state index in [2.05, 4.69) is 158 Å². The lowest BCUT2D eigenvalue weighted by Gasteiger charge is -2.53. The Labute approximate surface area is 338 Å². The molecule has 54 heavy (non-hydrogen) atoms. The van der Waals surface area contributed by atoms with Gasteiger partial charge < -0.3 is 34.3 Å². The van der Waals surface area contributed by atoms with Crippen LogP contribution in [0, 0.1) is 27.1 Å².